The molecule has 1 saturated carbocycles. The molecule has 0 aliphatic heterocycles. The highest BCUT2D eigenvalue weighted by molar-refractivity contribution is 5.62. The molecule has 0 amide bonds. The van der Waals surface area contributed by atoms with Crippen LogP contribution in [0.15, 0.2) is 18.2 Å². The van der Waals surface area contributed by atoms with Crippen LogP contribution in [0, 0.1) is 23.2 Å². The first-order valence-corrected chi connectivity index (χ1v) is 7.26. The monoisotopic (exact) mass is 257 g/mol. The van der Waals surface area contributed by atoms with E-state index in [1.807, 2.05) is 12.1 Å². The molecule has 3 nitrogen and oxygen atoms in total. The number of hydrogen-bond acceptors (Lipinski definition) is 3. The summed E-state index contributed by atoms with van der Waals surface area (Å²) in [6, 6.07) is 7.68. The Morgan fingerprint density at radius 2 is 1.95 bits per heavy atom. The minimum atomic E-state index is 0.641. The average Bonchev–Trinajstić information content (AvgIpc) is 2.46. The number of hydrogen-bond donors (Lipinski definition) is 2. The van der Waals surface area contributed by atoms with Crippen molar-refractivity contribution < 1.29 is 0 Å². The highest BCUT2D eigenvalue weighted by atomic mass is 14.9. The standard InChI is InChI=1S/C16H23N3/c1-2-12-3-5-13(6-4-12)11-19-16-8-7-15(18)9-14(16)10-17/h7-9,12-13,19H,2-6,11,18H2,1H3. The van der Waals surface area contributed by atoms with Gasteiger partial charge in [0.05, 0.1) is 11.3 Å². The molecule has 102 valence electrons. The van der Waals surface area contributed by atoms with Gasteiger partial charge in [0.25, 0.3) is 0 Å². The van der Waals surface area contributed by atoms with Gasteiger partial charge >= 0.3 is 0 Å². The first-order valence-electron chi connectivity index (χ1n) is 7.26. The lowest BCUT2D eigenvalue weighted by Gasteiger charge is -2.28. The summed E-state index contributed by atoms with van der Waals surface area (Å²) < 4.78 is 0. The number of nitrogen functional groups attached to an aromatic ring is 1. The summed E-state index contributed by atoms with van der Waals surface area (Å²) in [4.78, 5) is 0. The summed E-state index contributed by atoms with van der Waals surface area (Å²) in [7, 11) is 0. The Labute approximate surface area is 115 Å². The third-order valence-corrected chi connectivity index (χ3v) is 4.29. The van der Waals surface area contributed by atoms with E-state index in [9.17, 15) is 0 Å². The Bertz CT molecular complexity index is 454. The SMILES string of the molecule is CCC1CCC(CNc2ccc(N)cc2C#N)CC1. The van der Waals surface area contributed by atoms with Gasteiger partial charge in [0.2, 0.25) is 0 Å². The fraction of sp³-hybridized carbons (Fsp3) is 0.562. The Morgan fingerprint density at radius 3 is 2.58 bits per heavy atom. The van der Waals surface area contributed by atoms with Gasteiger partial charge in [-0.25, -0.2) is 0 Å². The molecule has 0 bridgehead atoms. The van der Waals surface area contributed by atoms with Crippen LogP contribution in [0.25, 0.3) is 0 Å². The van der Waals surface area contributed by atoms with Gasteiger partial charge in [0.1, 0.15) is 6.07 Å². The van der Waals surface area contributed by atoms with E-state index in [1.54, 1.807) is 6.07 Å². The van der Waals surface area contributed by atoms with Crippen molar-refractivity contribution in [2.75, 3.05) is 17.6 Å². The molecule has 1 aromatic rings. The van der Waals surface area contributed by atoms with E-state index in [0.29, 0.717) is 11.3 Å². The molecule has 0 spiro atoms. The molecule has 0 heterocycles. The summed E-state index contributed by atoms with van der Waals surface area (Å²) >= 11 is 0. The van der Waals surface area contributed by atoms with Crippen molar-refractivity contribution in [1.29, 1.82) is 5.26 Å². The molecule has 19 heavy (non-hydrogen) atoms. The average molecular weight is 257 g/mol. The fourth-order valence-corrected chi connectivity index (χ4v) is 2.91. The first-order chi connectivity index (χ1) is 9.22. The molecule has 0 saturated heterocycles. The van der Waals surface area contributed by atoms with Crippen LogP contribution in [-0.2, 0) is 0 Å². The molecular formula is C16H23N3. The van der Waals surface area contributed by atoms with Gasteiger partial charge in [-0.05, 0) is 42.9 Å². The highest BCUT2D eigenvalue weighted by Gasteiger charge is 2.19. The number of nitriles is 1. The van der Waals surface area contributed by atoms with Gasteiger partial charge in [-0.2, -0.15) is 5.26 Å². The zero-order chi connectivity index (χ0) is 13.7. The quantitative estimate of drug-likeness (QED) is 0.807. The van der Waals surface area contributed by atoms with E-state index in [4.69, 9.17) is 11.0 Å². The van der Waals surface area contributed by atoms with Crippen molar-refractivity contribution in [3.63, 3.8) is 0 Å². The van der Waals surface area contributed by atoms with Gasteiger partial charge in [0, 0.05) is 12.2 Å². The van der Waals surface area contributed by atoms with Gasteiger partial charge in [0.15, 0.2) is 0 Å². The normalized spacial score (nSPS) is 22.7. The molecule has 1 aromatic carbocycles. The highest BCUT2D eigenvalue weighted by Crippen LogP contribution is 2.31. The van der Waals surface area contributed by atoms with E-state index < -0.39 is 0 Å². The lowest BCUT2D eigenvalue weighted by atomic mass is 9.81. The number of nitrogens with one attached hydrogen (secondary N) is 1. The van der Waals surface area contributed by atoms with Crippen LogP contribution in [0.5, 0.6) is 0 Å². The molecule has 0 atom stereocenters. The minimum absolute atomic E-state index is 0.641. The molecule has 0 unspecified atom stereocenters. The van der Waals surface area contributed by atoms with Crippen LogP contribution in [0.2, 0.25) is 0 Å². The molecule has 0 radical (unpaired) electrons. The van der Waals surface area contributed by atoms with Crippen molar-refractivity contribution in [1.82, 2.24) is 0 Å². The Kier molecular flexibility index (Phi) is 4.68. The number of rotatable bonds is 4. The zero-order valence-electron chi connectivity index (χ0n) is 11.7. The maximum Gasteiger partial charge on any atom is 0.101 e. The van der Waals surface area contributed by atoms with Crippen molar-refractivity contribution in [3.05, 3.63) is 23.8 Å². The summed E-state index contributed by atoms with van der Waals surface area (Å²) in [5.74, 6) is 1.68. The van der Waals surface area contributed by atoms with E-state index in [-0.39, 0.29) is 0 Å². The van der Waals surface area contributed by atoms with Crippen LogP contribution < -0.4 is 11.1 Å². The lowest BCUT2D eigenvalue weighted by Crippen LogP contribution is -2.21. The Morgan fingerprint density at radius 1 is 1.26 bits per heavy atom. The molecule has 1 aliphatic carbocycles. The van der Waals surface area contributed by atoms with Crippen molar-refractivity contribution in [3.8, 4) is 6.07 Å². The van der Waals surface area contributed by atoms with Gasteiger partial charge in [-0.15, -0.1) is 0 Å². The molecule has 1 fully saturated rings. The smallest absolute Gasteiger partial charge is 0.101 e. The molecular weight excluding hydrogens is 234 g/mol. The fourth-order valence-electron chi connectivity index (χ4n) is 2.91. The van der Waals surface area contributed by atoms with E-state index >= 15 is 0 Å². The zero-order valence-corrected chi connectivity index (χ0v) is 11.7. The molecule has 1 aliphatic rings. The van der Waals surface area contributed by atoms with Gasteiger partial charge in [-0.1, -0.05) is 26.2 Å². The third-order valence-electron chi connectivity index (χ3n) is 4.29. The van der Waals surface area contributed by atoms with Gasteiger partial charge in [-0.3, -0.25) is 0 Å². The van der Waals surface area contributed by atoms with Crippen LogP contribution in [0.1, 0.15) is 44.6 Å². The van der Waals surface area contributed by atoms with Crippen molar-refractivity contribution in [2.45, 2.75) is 39.0 Å². The number of nitrogens with zero attached hydrogens (tertiary/aromatic N) is 1. The summed E-state index contributed by atoms with van der Waals surface area (Å²) in [5, 5.41) is 12.5. The Balaban J connectivity index is 1.88. The minimum Gasteiger partial charge on any atom is -0.399 e. The summed E-state index contributed by atoms with van der Waals surface area (Å²) in [5.41, 5.74) is 7.89. The molecule has 0 aromatic heterocycles. The van der Waals surface area contributed by atoms with E-state index in [1.165, 1.54) is 32.1 Å². The third kappa shape index (κ3) is 3.64. The summed E-state index contributed by atoms with van der Waals surface area (Å²) in [6.07, 6.45) is 6.65. The predicted octanol–water partition coefficient (Wildman–Crippen LogP) is 3.77. The molecule has 3 heteroatoms. The first kappa shape index (κ1) is 13.7. The van der Waals surface area contributed by atoms with E-state index in [2.05, 4.69) is 18.3 Å². The van der Waals surface area contributed by atoms with Crippen molar-refractivity contribution >= 4 is 11.4 Å². The largest absolute Gasteiger partial charge is 0.399 e. The van der Waals surface area contributed by atoms with Crippen LogP contribution in [0.4, 0.5) is 11.4 Å². The number of benzene rings is 1. The second-order valence-electron chi connectivity index (χ2n) is 5.59. The van der Waals surface area contributed by atoms with Crippen LogP contribution >= 0.6 is 0 Å². The lowest BCUT2D eigenvalue weighted by molar-refractivity contribution is 0.278. The van der Waals surface area contributed by atoms with Gasteiger partial charge < -0.3 is 11.1 Å². The molecule has 2 rings (SSSR count). The van der Waals surface area contributed by atoms with Crippen molar-refractivity contribution in [2.24, 2.45) is 11.8 Å². The second kappa shape index (κ2) is 6.47. The number of nitrogens with two attached hydrogens (primary N) is 1. The topological polar surface area (TPSA) is 61.8 Å². The maximum atomic E-state index is 9.10. The maximum absolute atomic E-state index is 9.10. The number of anilines is 2. The summed E-state index contributed by atoms with van der Waals surface area (Å²) in [6.45, 7) is 3.26. The van der Waals surface area contributed by atoms with Crippen LogP contribution in [0.3, 0.4) is 0 Å². The predicted molar refractivity (Wildman–Crippen MR) is 79.8 cm³/mol. The second-order valence-corrected chi connectivity index (χ2v) is 5.59. The molecule has 3 N–H and O–H groups in total. The Hall–Kier alpha value is -1.69. The van der Waals surface area contributed by atoms with E-state index in [0.717, 1.165) is 24.1 Å². The van der Waals surface area contributed by atoms with Crippen LogP contribution in [-0.4, -0.2) is 6.54 Å².